The maximum absolute atomic E-state index is 9.77. The molecule has 2 unspecified atom stereocenters. The summed E-state index contributed by atoms with van der Waals surface area (Å²) in [6.07, 6.45) is 11.3. The van der Waals surface area contributed by atoms with Gasteiger partial charge in [0.25, 0.3) is 0 Å². The third-order valence-electron chi connectivity index (χ3n) is 9.15. The van der Waals surface area contributed by atoms with E-state index in [1.54, 1.807) is 10.7 Å². The molecule has 5 aliphatic heterocycles. The summed E-state index contributed by atoms with van der Waals surface area (Å²) in [4.78, 5) is 16.4. The Bertz CT molecular complexity index is 1630. The van der Waals surface area contributed by atoms with Crippen LogP contribution < -0.4 is 9.64 Å². The first-order valence-electron chi connectivity index (χ1n) is 15.1. The van der Waals surface area contributed by atoms with Crippen LogP contribution in [-0.4, -0.2) is 99.8 Å². The van der Waals surface area contributed by atoms with Gasteiger partial charge in [0.15, 0.2) is 5.79 Å². The number of pyridine rings is 3. The molecule has 0 amide bonds. The summed E-state index contributed by atoms with van der Waals surface area (Å²) < 4.78 is 19.6. The summed E-state index contributed by atoms with van der Waals surface area (Å²) >= 11 is 0. The molecule has 2 atom stereocenters. The molecule has 0 radical (unpaired) electrons. The quantitative estimate of drug-likeness (QED) is 0.310. The van der Waals surface area contributed by atoms with E-state index in [0.717, 1.165) is 81.4 Å². The van der Waals surface area contributed by atoms with Crippen molar-refractivity contribution in [1.29, 1.82) is 5.26 Å². The molecule has 1 spiro atoms. The molecule has 220 valence electrons. The molecule has 5 saturated heterocycles. The molecule has 43 heavy (non-hydrogen) atoms. The van der Waals surface area contributed by atoms with Crippen molar-refractivity contribution in [3.8, 4) is 22.9 Å². The van der Waals surface area contributed by atoms with Gasteiger partial charge in [-0.25, -0.2) is 9.50 Å². The molecule has 0 aromatic carbocycles. The number of fused-ring (bicyclic) bond motifs is 3. The molecular formula is C32H34N8O3. The lowest BCUT2D eigenvalue weighted by atomic mass is 9.87. The molecule has 11 heteroatoms. The molecule has 5 fully saturated rings. The standard InChI is InChI=1S/C32H34N8O3/c33-13-25-16-36-40-20-28(41-10-7-37-21-32(22-37)42-8-2-9-43-32)12-29(31(25)40)24-4-5-30(35-15-24)38-18-26-11-27(19-38)39(26)17-23-3-1-6-34-14-23/h1,3-6,12,14-16,20,26-27H,2,7-11,17-19,21-22H2. The topological polar surface area (TPSA) is 104 Å². The first-order valence-corrected chi connectivity index (χ1v) is 15.1. The average Bonchev–Trinajstić information content (AvgIpc) is 3.47. The number of nitriles is 1. The zero-order valence-corrected chi connectivity index (χ0v) is 24.0. The number of rotatable bonds is 8. The van der Waals surface area contributed by atoms with Crippen LogP contribution in [0.25, 0.3) is 16.6 Å². The molecule has 9 heterocycles. The monoisotopic (exact) mass is 578 g/mol. The number of hydrogen-bond donors (Lipinski definition) is 0. The molecule has 0 N–H and O–H groups in total. The first kappa shape index (κ1) is 26.5. The maximum atomic E-state index is 9.77. The Morgan fingerprint density at radius 2 is 1.93 bits per heavy atom. The van der Waals surface area contributed by atoms with E-state index in [0.29, 0.717) is 30.0 Å². The Hall–Kier alpha value is -4.08. The molecule has 4 aromatic heterocycles. The van der Waals surface area contributed by atoms with Gasteiger partial charge < -0.3 is 19.1 Å². The van der Waals surface area contributed by atoms with Crippen LogP contribution in [0.15, 0.2) is 61.3 Å². The van der Waals surface area contributed by atoms with Crippen molar-refractivity contribution in [2.45, 2.75) is 37.3 Å². The van der Waals surface area contributed by atoms with E-state index in [2.05, 4.69) is 49.1 Å². The van der Waals surface area contributed by atoms with Crippen LogP contribution in [-0.2, 0) is 16.0 Å². The van der Waals surface area contributed by atoms with Gasteiger partial charge in [0.05, 0.1) is 49.8 Å². The second-order valence-corrected chi connectivity index (χ2v) is 12.0. The third kappa shape index (κ3) is 5.00. The van der Waals surface area contributed by atoms with E-state index in [4.69, 9.17) is 19.2 Å². The summed E-state index contributed by atoms with van der Waals surface area (Å²) in [6.45, 7) is 7.26. The van der Waals surface area contributed by atoms with Crippen LogP contribution in [0, 0.1) is 11.3 Å². The van der Waals surface area contributed by atoms with E-state index in [1.165, 1.54) is 12.0 Å². The highest BCUT2D eigenvalue weighted by Crippen LogP contribution is 2.37. The molecule has 11 nitrogen and oxygen atoms in total. The van der Waals surface area contributed by atoms with Gasteiger partial charge >= 0.3 is 0 Å². The molecule has 5 aliphatic rings. The van der Waals surface area contributed by atoms with Crippen molar-refractivity contribution < 1.29 is 14.2 Å². The molecule has 9 rings (SSSR count). The van der Waals surface area contributed by atoms with E-state index in [-0.39, 0.29) is 0 Å². The van der Waals surface area contributed by atoms with Gasteiger partial charge in [-0.05, 0) is 42.7 Å². The van der Waals surface area contributed by atoms with E-state index in [9.17, 15) is 5.26 Å². The number of likely N-dealkylation sites (tertiary alicyclic amines) is 1. The summed E-state index contributed by atoms with van der Waals surface area (Å²) in [5.41, 5.74) is 4.34. The second-order valence-electron chi connectivity index (χ2n) is 12.0. The van der Waals surface area contributed by atoms with Gasteiger partial charge in [0.1, 0.15) is 24.2 Å². The Morgan fingerprint density at radius 1 is 1.07 bits per heavy atom. The predicted molar refractivity (Wildman–Crippen MR) is 159 cm³/mol. The summed E-state index contributed by atoms with van der Waals surface area (Å²) in [5, 5.41) is 14.2. The van der Waals surface area contributed by atoms with Gasteiger partial charge in [-0.15, -0.1) is 0 Å². The number of aromatic nitrogens is 4. The Labute approximate surface area is 250 Å². The minimum Gasteiger partial charge on any atom is -0.491 e. The fraction of sp³-hybridized carbons (Fsp3) is 0.438. The lowest BCUT2D eigenvalue weighted by molar-refractivity contribution is -0.321. The van der Waals surface area contributed by atoms with E-state index < -0.39 is 5.79 Å². The lowest BCUT2D eigenvalue weighted by Gasteiger charge is -2.56. The number of piperazine rings is 1. The Morgan fingerprint density at radius 3 is 2.67 bits per heavy atom. The van der Waals surface area contributed by atoms with Crippen molar-refractivity contribution in [2.24, 2.45) is 0 Å². The summed E-state index contributed by atoms with van der Waals surface area (Å²) in [7, 11) is 0. The van der Waals surface area contributed by atoms with Crippen LogP contribution in [0.2, 0.25) is 0 Å². The fourth-order valence-corrected chi connectivity index (χ4v) is 6.93. The SMILES string of the molecule is N#Cc1cnn2cc(OCCN3CC4(C3)OCCCO4)cc(-c3ccc(N4CC5CC(C4)N5Cc4cccnc4)nc3)c12. The highest BCUT2D eigenvalue weighted by Gasteiger charge is 2.46. The summed E-state index contributed by atoms with van der Waals surface area (Å²) in [5.74, 6) is 1.26. The van der Waals surface area contributed by atoms with E-state index in [1.807, 2.05) is 36.9 Å². The highest BCUT2D eigenvalue weighted by molar-refractivity contribution is 5.85. The van der Waals surface area contributed by atoms with Crippen molar-refractivity contribution in [2.75, 3.05) is 57.4 Å². The van der Waals surface area contributed by atoms with Crippen LogP contribution in [0.1, 0.15) is 24.0 Å². The third-order valence-corrected chi connectivity index (χ3v) is 9.15. The van der Waals surface area contributed by atoms with Crippen LogP contribution >= 0.6 is 0 Å². The predicted octanol–water partition coefficient (Wildman–Crippen LogP) is 2.95. The van der Waals surface area contributed by atoms with Crippen molar-refractivity contribution >= 4 is 11.3 Å². The largest absolute Gasteiger partial charge is 0.491 e. The number of anilines is 1. The summed E-state index contributed by atoms with van der Waals surface area (Å²) in [6, 6.07) is 13.7. The first-order chi connectivity index (χ1) is 21.2. The number of hydrogen-bond acceptors (Lipinski definition) is 10. The van der Waals surface area contributed by atoms with Crippen molar-refractivity contribution in [3.05, 3.63) is 72.4 Å². The number of ether oxygens (including phenoxy) is 3. The molecule has 4 aromatic rings. The van der Waals surface area contributed by atoms with Gasteiger partial charge in [-0.3, -0.25) is 14.8 Å². The van der Waals surface area contributed by atoms with E-state index >= 15 is 0 Å². The van der Waals surface area contributed by atoms with Crippen LogP contribution in [0.4, 0.5) is 5.82 Å². The smallest absolute Gasteiger partial charge is 0.193 e. The van der Waals surface area contributed by atoms with Gasteiger partial charge in [0.2, 0.25) is 0 Å². The zero-order valence-electron chi connectivity index (χ0n) is 24.0. The minimum absolute atomic E-state index is 0.417. The van der Waals surface area contributed by atoms with Crippen molar-refractivity contribution in [1.82, 2.24) is 29.4 Å². The van der Waals surface area contributed by atoms with Gasteiger partial charge in [0, 0.05) is 68.0 Å². The molecular weight excluding hydrogens is 544 g/mol. The molecule has 2 bridgehead atoms. The average molecular weight is 579 g/mol. The Kier molecular flexibility index (Phi) is 6.72. The lowest BCUT2D eigenvalue weighted by Crippen LogP contribution is -2.68. The second kappa shape index (κ2) is 10.9. The Balaban J connectivity index is 0.949. The zero-order chi connectivity index (χ0) is 28.8. The normalized spacial score (nSPS) is 23.1. The fourth-order valence-electron chi connectivity index (χ4n) is 6.93. The highest BCUT2D eigenvalue weighted by atomic mass is 16.7. The van der Waals surface area contributed by atoms with Gasteiger partial charge in [-0.1, -0.05) is 6.07 Å². The molecule has 0 saturated carbocycles. The van der Waals surface area contributed by atoms with Crippen LogP contribution in [0.5, 0.6) is 5.75 Å². The van der Waals surface area contributed by atoms with Crippen molar-refractivity contribution in [3.63, 3.8) is 0 Å². The minimum atomic E-state index is -0.417. The molecule has 0 aliphatic carbocycles. The van der Waals surface area contributed by atoms with Crippen LogP contribution in [0.3, 0.4) is 0 Å². The number of nitrogens with zero attached hydrogens (tertiary/aromatic N) is 8. The maximum Gasteiger partial charge on any atom is 0.193 e. The number of piperidine rings is 1. The van der Waals surface area contributed by atoms with Gasteiger partial charge in [-0.2, -0.15) is 10.4 Å².